The van der Waals surface area contributed by atoms with E-state index in [0.717, 1.165) is 108 Å². The Balaban J connectivity index is 5.19. The van der Waals surface area contributed by atoms with Crippen molar-refractivity contribution in [2.75, 3.05) is 39.6 Å². The summed E-state index contributed by atoms with van der Waals surface area (Å²) in [7, 11) is -9.91. The molecule has 17 nitrogen and oxygen atoms in total. The predicted molar refractivity (Wildman–Crippen MR) is 405 cm³/mol. The molecule has 0 aliphatic heterocycles. The van der Waals surface area contributed by atoms with E-state index in [-0.39, 0.29) is 25.7 Å². The smallest absolute Gasteiger partial charge is 0.462 e. The van der Waals surface area contributed by atoms with Crippen LogP contribution in [0.25, 0.3) is 0 Å². The Kier molecular flexibility index (Phi) is 70.3. The van der Waals surface area contributed by atoms with Gasteiger partial charge in [0.15, 0.2) is 12.2 Å². The third-order valence-corrected chi connectivity index (χ3v) is 20.6. The molecule has 3 N–H and O–H groups in total. The van der Waals surface area contributed by atoms with Crippen LogP contribution in [0.15, 0.2) is 0 Å². The highest BCUT2D eigenvalue weighted by Crippen LogP contribution is 2.45. The van der Waals surface area contributed by atoms with Crippen LogP contribution in [-0.2, 0) is 65.4 Å². The van der Waals surface area contributed by atoms with Gasteiger partial charge in [0.2, 0.25) is 0 Å². The van der Waals surface area contributed by atoms with Crippen LogP contribution in [0.1, 0.15) is 420 Å². The maximum Gasteiger partial charge on any atom is 0.472 e. The van der Waals surface area contributed by atoms with Gasteiger partial charge in [0, 0.05) is 25.7 Å². The van der Waals surface area contributed by atoms with Crippen molar-refractivity contribution in [3.05, 3.63) is 0 Å². The molecule has 0 heterocycles. The molecule has 588 valence electrons. The number of aliphatic hydroxyl groups is 1. The minimum Gasteiger partial charge on any atom is -0.462 e. The largest absolute Gasteiger partial charge is 0.472 e. The lowest BCUT2D eigenvalue weighted by Crippen LogP contribution is -2.30. The first kappa shape index (κ1) is 97.1. The molecule has 0 aromatic heterocycles. The highest BCUT2D eigenvalue weighted by molar-refractivity contribution is 7.47. The van der Waals surface area contributed by atoms with Gasteiger partial charge in [-0.15, -0.1) is 0 Å². The third kappa shape index (κ3) is 74.1. The molecule has 5 atom stereocenters. The van der Waals surface area contributed by atoms with Crippen molar-refractivity contribution in [3.63, 3.8) is 0 Å². The molecule has 0 amide bonds. The van der Waals surface area contributed by atoms with Crippen LogP contribution < -0.4 is 0 Å². The highest BCUT2D eigenvalue weighted by Gasteiger charge is 2.30. The quantitative estimate of drug-likeness (QED) is 0.0222. The van der Waals surface area contributed by atoms with Gasteiger partial charge in [-0.1, -0.05) is 369 Å². The van der Waals surface area contributed by atoms with Gasteiger partial charge < -0.3 is 33.8 Å². The second-order valence-corrected chi connectivity index (χ2v) is 32.7. The Hall–Kier alpha value is -1.94. The minimum absolute atomic E-state index is 0.108. The van der Waals surface area contributed by atoms with Gasteiger partial charge in [-0.05, 0) is 37.5 Å². The summed E-state index contributed by atoms with van der Waals surface area (Å²) in [5.74, 6) is -0.492. The summed E-state index contributed by atoms with van der Waals surface area (Å²) < 4.78 is 68.6. The van der Waals surface area contributed by atoms with E-state index in [9.17, 15) is 43.2 Å². The van der Waals surface area contributed by atoms with E-state index < -0.39 is 97.5 Å². The lowest BCUT2D eigenvalue weighted by Gasteiger charge is -2.21. The summed E-state index contributed by atoms with van der Waals surface area (Å²) in [5.41, 5.74) is 0. The predicted octanol–water partition coefficient (Wildman–Crippen LogP) is 23.9. The second-order valence-electron chi connectivity index (χ2n) is 29.8. The van der Waals surface area contributed by atoms with Crippen molar-refractivity contribution in [3.8, 4) is 0 Å². The van der Waals surface area contributed by atoms with Crippen molar-refractivity contribution in [1.82, 2.24) is 0 Å². The molecular weight excluding hydrogens is 1290 g/mol. The van der Waals surface area contributed by atoms with Crippen molar-refractivity contribution < 1.29 is 80.2 Å². The number of phosphoric acid groups is 2. The molecule has 0 saturated carbocycles. The van der Waals surface area contributed by atoms with Gasteiger partial charge >= 0.3 is 39.5 Å². The molecule has 0 aliphatic rings. The van der Waals surface area contributed by atoms with Crippen LogP contribution in [0, 0.1) is 11.8 Å². The Bertz CT molecular complexity index is 1910. The number of aliphatic hydroxyl groups excluding tert-OH is 1. The van der Waals surface area contributed by atoms with E-state index in [4.69, 9.17) is 37.0 Å². The van der Waals surface area contributed by atoms with Crippen molar-refractivity contribution in [2.45, 2.75) is 439 Å². The molecule has 0 rings (SSSR count). The van der Waals surface area contributed by atoms with Crippen LogP contribution in [0.3, 0.4) is 0 Å². The number of hydrogen-bond donors (Lipinski definition) is 3. The zero-order valence-electron chi connectivity index (χ0n) is 64.8. The first-order chi connectivity index (χ1) is 47.9. The monoisotopic (exact) mass is 1450 g/mol. The molecule has 0 aliphatic carbocycles. The molecule has 0 bridgehead atoms. The molecule has 0 aromatic rings. The van der Waals surface area contributed by atoms with Gasteiger partial charge in [-0.3, -0.25) is 37.3 Å². The normalized spacial score (nSPS) is 13.9. The van der Waals surface area contributed by atoms with Crippen LogP contribution >= 0.6 is 15.6 Å². The van der Waals surface area contributed by atoms with E-state index in [2.05, 4.69) is 41.5 Å². The van der Waals surface area contributed by atoms with Gasteiger partial charge in [0.05, 0.1) is 26.4 Å². The summed E-state index contributed by atoms with van der Waals surface area (Å²) in [5, 5.41) is 10.6. The summed E-state index contributed by atoms with van der Waals surface area (Å²) in [6, 6.07) is 0. The Labute approximate surface area is 607 Å². The van der Waals surface area contributed by atoms with E-state index >= 15 is 0 Å². The molecule has 0 saturated heterocycles. The maximum absolute atomic E-state index is 13.1. The number of unbranched alkanes of at least 4 members (excludes halogenated alkanes) is 49. The standard InChI is InChI=1S/C80H156O17P2/c1-7-9-11-13-15-17-18-27-35-40-46-52-58-64-79(84)96-75(68-90-77(82)62-56-50-44-16-14-12-10-8-2)70-94-98(86,87)92-66-74(81)67-93-99(88,89)95-71-76(69-91-78(83)63-57-51-45-39-34-30-26-25-29-33-38-43-49-55-61-73(5)6)97-80(85)65-59-53-47-41-36-31-24-22-20-19-21-23-28-32-37-42-48-54-60-72(3)4/h72-76,81H,7-71H2,1-6H3,(H,86,87)(H,88,89)/t74-,75+,76+/m0/s1. The van der Waals surface area contributed by atoms with E-state index in [1.54, 1.807) is 0 Å². The first-order valence-corrected chi connectivity index (χ1v) is 44.5. The van der Waals surface area contributed by atoms with Crippen LogP contribution in [0.2, 0.25) is 0 Å². The highest BCUT2D eigenvalue weighted by atomic mass is 31.2. The van der Waals surface area contributed by atoms with Crippen LogP contribution in [-0.4, -0.2) is 96.7 Å². The van der Waals surface area contributed by atoms with Crippen LogP contribution in [0.4, 0.5) is 0 Å². The topological polar surface area (TPSA) is 237 Å². The number of carbonyl (C=O) groups excluding carboxylic acids is 4. The number of rotatable bonds is 79. The molecule has 0 fully saturated rings. The average molecular weight is 1450 g/mol. The molecular formula is C80H156O17P2. The molecule has 0 radical (unpaired) electrons. The number of esters is 4. The second kappa shape index (κ2) is 71.7. The maximum atomic E-state index is 13.1. The summed E-state index contributed by atoms with van der Waals surface area (Å²) in [6.07, 6.45) is 61.1. The van der Waals surface area contributed by atoms with Gasteiger partial charge in [0.1, 0.15) is 19.3 Å². The number of ether oxygens (including phenoxy) is 4. The van der Waals surface area contributed by atoms with Crippen molar-refractivity contribution in [2.24, 2.45) is 11.8 Å². The zero-order valence-corrected chi connectivity index (χ0v) is 66.6. The molecule has 2 unspecified atom stereocenters. The fourth-order valence-electron chi connectivity index (χ4n) is 12.4. The van der Waals surface area contributed by atoms with Gasteiger partial charge in [-0.25, -0.2) is 9.13 Å². The fourth-order valence-corrected chi connectivity index (χ4v) is 13.9. The van der Waals surface area contributed by atoms with E-state index in [1.165, 1.54) is 231 Å². The summed E-state index contributed by atoms with van der Waals surface area (Å²) in [6.45, 7) is 9.66. The van der Waals surface area contributed by atoms with E-state index in [1.807, 2.05) is 0 Å². The average Bonchev–Trinajstić information content (AvgIpc) is 2.43. The Morgan fingerprint density at radius 1 is 0.273 bits per heavy atom. The van der Waals surface area contributed by atoms with Gasteiger partial charge in [0.25, 0.3) is 0 Å². The van der Waals surface area contributed by atoms with Gasteiger partial charge in [-0.2, -0.15) is 0 Å². The third-order valence-electron chi connectivity index (χ3n) is 18.7. The fraction of sp³-hybridized carbons (Fsp3) is 0.950. The van der Waals surface area contributed by atoms with Crippen LogP contribution in [0.5, 0.6) is 0 Å². The molecule has 0 spiro atoms. The Morgan fingerprint density at radius 2 is 0.465 bits per heavy atom. The number of hydrogen-bond acceptors (Lipinski definition) is 15. The van der Waals surface area contributed by atoms with E-state index in [0.29, 0.717) is 25.7 Å². The molecule has 99 heavy (non-hydrogen) atoms. The SMILES string of the molecule is CCCCCCCCCCCCCCCC(=O)O[C@H](COC(=O)CCCCCCCCCC)COP(=O)(O)OC[C@H](O)COP(=O)(O)OC[C@@H](COC(=O)CCCCCCCCCCCCCCCCC(C)C)OC(=O)CCCCCCCCCCCCCCCCCCCCC(C)C. The van der Waals surface area contributed by atoms with Crippen molar-refractivity contribution in [1.29, 1.82) is 0 Å². The summed E-state index contributed by atoms with van der Waals surface area (Å²) in [4.78, 5) is 72.9. The lowest BCUT2D eigenvalue weighted by molar-refractivity contribution is -0.161. The summed E-state index contributed by atoms with van der Waals surface area (Å²) >= 11 is 0. The Morgan fingerprint density at radius 3 is 0.687 bits per heavy atom. The first-order valence-electron chi connectivity index (χ1n) is 41.5. The molecule has 0 aromatic carbocycles. The zero-order chi connectivity index (χ0) is 72.8. The minimum atomic E-state index is -4.96. The number of carbonyl (C=O) groups is 4. The van der Waals surface area contributed by atoms with Crippen molar-refractivity contribution >= 4 is 39.5 Å². The molecule has 19 heteroatoms. The lowest BCUT2D eigenvalue weighted by atomic mass is 10.0. The number of phosphoric ester groups is 2.